The first-order valence-corrected chi connectivity index (χ1v) is 14.0. The van der Waals surface area contributed by atoms with Crippen LogP contribution in [0.4, 0.5) is 27.9 Å². The highest BCUT2D eigenvalue weighted by atomic mass is 19.1. The van der Waals surface area contributed by atoms with Crippen LogP contribution >= 0.6 is 0 Å². The molecule has 1 amide bonds. The average Bonchev–Trinajstić information content (AvgIpc) is 3.05. The molecule has 0 aliphatic heterocycles. The van der Waals surface area contributed by atoms with Gasteiger partial charge in [0, 0.05) is 37.0 Å². The minimum atomic E-state index is -0.303. The number of carbonyl (C=O) groups is 1. The fraction of sp³-hybridized carbons (Fsp3) is 0.290. The summed E-state index contributed by atoms with van der Waals surface area (Å²) in [6.07, 6.45) is 0. The van der Waals surface area contributed by atoms with Gasteiger partial charge >= 0.3 is 0 Å². The number of amides is 1. The van der Waals surface area contributed by atoms with E-state index in [4.69, 9.17) is 18.9 Å². The molecule has 0 aliphatic rings. The average molecular weight is 606 g/mol. The van der Waals surface area contributed by atoms with Crippen LogP contribution in [0.1, 0.15) is 15.9 Å². The molecule has 0 fully saturated rings. The van der Waals surface area contributed by atoms with Crippen molar-refractivity contribution in [1.29, 1.82) is 0 Å². The molecule has 3 aromatic carbocycles. The molecule has 0 saturated carbocycles. The molecule has 12 nitrogen and oxygen atoms in total. The number of halogens is 1. The van der Waals surface area contributed by atoms with Crippen LogP contribution in [0.25, 0.3) is 0 Å². The minimum Gasteiger partial charge on any atom is -0.493 e. The summed E-state index contributed by atoms with van der Waals surface area (Å²) in [7, 11) is 3.13. The molecule has 1 aromatic heterocycles. The van der Waals surface area contributed by atoms with E-state index in [1.807, 2.05) is 24.3 Å². The van der Waals surface area contributed by atoms with Crippen LogP contribution in [-0.4, -0.2) is 74.6 Å². The van der Waals surface area contributed by atoms with Crippen molar-refractivity contribution in [2.24, 2.45) is 0 Å². The second kappa shape index (κ2) is 17.2. The summed E-state index contributed by atoms with van der Waals surface area (Å²) in [6.45, 7) is 2.78. The van der Waals surface area contributed by atoms with Crippen LogP contribution < -0.4 is 30.7 Å². The number of nitrogens with zero attached hydrogens (tertiary/aromatic N) is 3. The van der Waals surface area contributed by atoms with Crippen molar-refractivity contribution in [3.05, 3.63) is 89.7 Å². The highest BCUT2D eigenvalue weighted by Crippen LogP contribution is 2.30. The monoisotopic (exact) mass is 605 g/mol. The summed E-state index contributed by atoms with van der Waals surface area (Å²) >= 11 is 0. The van der Waals surface area contributed by atoms with Gasteiger partial charge in [0.15, 0.2) is 11.5 Å². The molecule has 0 bridgehead atoms. The predicted octanol–water partition coefficient (Wildman–Crippen LogP) is 4.26. The van der Waals surface area contributed by atoms with Crippen LogP contribution in [0.5, 0.6) is 11.5 Å². The van der Waals surface area contributed by atoms with Gasteiger partial charge < -0.3 is 40.2 Å². The Morgan fingerprint density at radius 2 is 1.39 bits per heavy atom. The predicted molar refractivity (Wildman–Crippen MR) is 165 cm³/mol. The third-order valence-electron chi connectivity index (χ3n) is 6.11. The van der Waals surface area contributed by atoms with Crippen molar-refractivity contribution in [3.63, 3.8) is 0 Å². The number of hydrogen-bond donors (Lipinski definition) is 4. The van der Waals surface area contributed by atoms with E-state index in [0.717, 1.165) is 5.56 Å². The molecule has 1 heterocycles. The molecule has 232 valence electrons. The lowest BCUT2D eigenvalue weighted by molar-refractivity contribution is 0.0519. The van der Waals surface area contributed by atoms with Gasteiger partial charge in [0.2, 0.25) is 17.8 Å². The highest BCUT2D eigenvalue weighted by molar-refractivity contribution is 5.94. The fourth-order valence-electron chi connectivity index (χ4n) is 3.90. The van der Waals surface area contributed by atoms with Crippen LogP contribution in [0.2, 0.25) is 0 Å². The topological polar surface area (TPSA) is 141 Å². The summed E-state index contributed by atoms with van der Waals surface area (Å²) in [6, 6.07) is 20.6. The van der Waals surface area contributed by atoms with E-state index < -0.39 is 0 Å². The fourth-order valence-corrected chi connectivity index (χ4v) is 3.90. The number of ether oxygens (including phenoxy) is 4. The maximum absolute atomic E-state index is 13.3. The number of rotatable bonds is 18. The van der Waals surface area contributed by atoms with E-state index in [2.05, 4.69) is 36.2 Å². The van der Waals surface area contributed by atoms with Crippen molar-refractivity contribution in [2.75, 3.05) is 69.7 Å². The number of aromatic nitrogens is 3. The van der Waals surface area contributed by atoms with Gasteiger partial charge in [0.25, 0.3) is 5.91 Å². The van der Waals surface area contributed by atoms with Gasteiger partial charge in [-0.05, 0) is 42.0 Å². The molecule has 0 aliphatic carbocycles. The first kappa shape index (κ1) is 31.9. The maximum atomic E-state index is 13.3. The van der Waals surface area contributed by atoms with Crippen molar-refractivity contribution < 1.29 is 28.1 Å². The van der Waals surface area contributed by atoms with Gasteiger partial charge in [-0.1, -0.05) is 30.3 Å². The van der Waals surface area contributed by atoms with Crippen LogP contribution in [0.15, 0.2) is 72.8 Å². The summed E-state index contributed by atoms with van der Waals surface area (Å²) < 4.78 is 35.2. The van der Waals surface area contributed by atoms with Gasteiger partial charge in [-0.3, -0.25) is 4.79 Å². The summed E-state index contributed by atoms with van der Waals surface area (Å²) in [5.41, 5.74) is 2.17. The molecule has 0 spiro atoms. The molecule has 0 atom stereocenters. The second-order valence-corrected chi connectivity index (χ2v) is 9.25. The molecular weight excluding hydrogens is 569 g/mol. The van der Waals surface area contributed by atoms with Gasteiger partial charge in [0.05, 0.1) is 40.6 Å². The largest absolute Gasteiger partial charge is 0.493 e. The van der Waals surface area contributed by atoms with E-state index in [1.54, 1.807) is 50.6 Å². The van der Waals surface area contributed by atoms with Gasteiger partial charge in [-0.25, -0.2) is 4.39 Å². The molecule has 0 radical (unpaired) electrons. The second-order valence-electron chi connectivity index (χ2n) is 9.25. The Labute approximate surface area is 255 Å². The third-order valence-corrected chi connectivity index (χ3v) is 6.11. The smallest absolute Gasteiger partial charge is 0.251 e. The van der Waals surface area contributed by atoms with Crippen LogP contribution in [0.3, 0.4) is 0 Å². The molecular formula is C31H36FN7O5. The lowest BCUT2D eigenvalue weighted by Crippen LogP contribution is -2.27. The Balaban J connectivity index is 1.24. The van der Waals surface area contributed by atoms with Gasteiger partial charge in [-0.15, -0.1) is 0 Å². The first-order chi connectivity index (χ1) is 21.5. The van der Waals surface area contributed by atoms with E-state index in [-0.39, 0.29) is 11.7 Å². The maximum Gasteiger partial charge on any atom is 0.251 e. The molecule has 4 aromatic rings. The van der Waals surface area contributed by atoms with E-state index in [0.29, 0.717) is 86.7 Å². The molecule has 4 rings (SSSR count). The molecule has 4 N–H and O–H groups in total. The number of hydrogen-bond acceptors (Lipinski definition) is 11. The van der Waals surface area contributed by atoms with Crippen LogP contribution in [0, 0.1) is 5.82 Å². The molecule has 44 heavy (non-hydrogen) atoms. The molecule has 0 unspecified atom stereocenters. The number of benzene rings is 3. The SMILES string of the molecule is COc1ccc(Nc2nc(NCCOCCOCCNC(=O)c3ccccc3)nc(NCc3ccc(F)cc3)n2)cc1OC. The van der Waals surface area contributed by atoms with Gasteiger partial charge in [-0.2, -0.15) is 15.0 Å². The van der Waals surface area contributed by atoms with Crippen molar-refractivity contribution >= 4 is 29.4 Å². The standard InChI is InChI=1S/C31H36FN7O5/c1-41-26-13-12-25(20-27(26)42-2)36-31-38-29(37-30(39-31)35-21-22-8-10-24(32)11-9-22)34-15-17-44-19-18-43-16-14-33-28(40)23-6-4-3-5-7-23/h3-13,20H,14-19,21H2,1-2H3,(H,33,40)(H3,34,35,36,37,38,39). The zero-order valence-corrected chi connectivity index (χ0v) is 24.6. The number of carbonyl (C=O) groups excluding carboxylic acids is 1. The summed E-state index contributed by atoms with van der Waals surface area (Å²) in [5.74, 6) is 1.66. The van der Waals surface area contributed by atoms with Crippen molar-refractivity contribution in [2.45, 2.75) is 6.54 Å². The Morgan fingerprint density at radius 3 is 2.09 bits per heavy atom. The number of methoxy groups -OCH3 is 2. The zero-order chi connectivity index (χ0) is 31.0. The van der Waals surface area contributed by atoms with Gasteiger partial charge in [0.1, 0.15) is 5.82 Å². The number of nitrogens with one attached hydrogen (secondary N) is 4. The van der Waals surface area contributed by atoms with Crippen molar-refractivity contribution in [1.82, 2.24) is 20.3 Å². The Hall–Kier alpha value is -5.01. The highest BCUT2D eigenvalue weighted by Gasteiger charge is 2.10. The third kappa shape index (κ3) is 10.4. The lowest BCUT2D eigenvalue weighted by atomic mass is 10.2. The zero-order valence-electron chi connectivity index (χ0n) is 24.6. The van der Waals surface area contributed by atoms with Crippen molar-refractivity contribution in [3.8, 4) is 11.5 Å². The number of anilines is 4. The van der Waals surface area contributed by atoms with E-state index in [9.17, 15) is 9.18 Å². The van der Waals surface area contributed by atoms with Crippen LogP contribution in [-0.2, 0) is 16.0 Å². The molecule has 0 saturated heterocycles. The van der Waals surface area contributed by atoms with E-state index >= 15 is 0 Å². The van der Waals surface area contributed by atoms with E-state index in [1.165, 1.54) is 12.1 Å². The Kier molecular flexibility index (Phi) is 12.5. The Morgan fingerprint density at radius 1 is 0.727 bits per heavy atom. The quantitative estimate of drug-likeness (QED) is 0.121. The first-order valence-electron chi connectivity index (χ1n) is 14.0. The Bertz CT molecular complexity index is 1460. The lowest BCUT2D eigenvalue weighted by Gasteiger charge is -2.13. The normalized spacial score (nSPS) is 10.6. The molecule has 13 heteroatoms. The summed E-state index contributed by atoms with van der Waals surface area (Å²) in [5, 5.41) is 12.3. The summed E-state index contributed by atoms with van der Waals surface area (Å²) in [4.78, 5) is 25.4. The minimum absolute atomic E-state index is 0.134.